The van der Waals surface area contributed by atoms with Crippen molar-refractivity contribution in [3.05, 3.63) is 90.0 Å². The Labute approximate surface area is 191 Å². The second-order valence-electron chi connectivity index (χ2n) is 6.94. The van der Waals surface area contributed by atoms with Gasteiger partial charge in [0.2, 0.25) is 5.88 Å². The quantitative estimate of drug-likeness (QED) is 0.345. The van der Waals surface area contributed by atoms with E-state index >= 15 is 0 Å². The molecule has 0 saturated carbocycles. The van der Waals surface area contributed by atoms with E-state index in [0.717, 1.165) is 22.4 Å². The highest BCUT2D eigenvalue weighted by Gasteiger charge is 2.25. The summed E-state index contributed by atoms with van der Waals surface area (Å²) >= 11 is 6.06. The smallest absolute Gasteiger partial charge is 0.333 e. The van der Waals surface area contributed by atoms with Gasteiger partial charge in [0, 0.05) is 29.4 Å². The fraction of sp³-hybridized carbons (Fsp3) is 0.0870. The van der Waals surface area contributed by atoms with Crippen LogP contribution in [0.4, 0.5) is 11.6 Å². The molecule has 4 rings (SSSR count). The molecule has 0 saturated heterocycles. The van der Waals surface area contributed by atoms with Crippen molar-refractivity contribution >= 4 is 33.5 Å². The van der Waals surface area contributed by atoms with Crippen LogP contribution in [0.25, 0.3) is 22.4 Å². The predicted molar refractivity (Wildman–Crippen MR) is 125 cm³/mol. The van der Waals surface area contributed by atoms with E-state index in [1.165, 1.54) is 0 Å². The molecular formula is C23H20ClN3O4S. The van der Waals surface area contributed by atoms with Crippen molar-refractivity contribution in [3.63, 3.8) is 0 Å². The lowest BCUT2D eigenvalue weighted by molar-refractivity contribution is 0.425. The lowest BCUT2D eigenvalue weighted by Crippen LogP contribution is -2.32. The maximum Gasteiger partial charge on any atom is 0.333 e. The first kappa shape index (κ1) is 22.0. The molecule has 32 heavy (non-hydrogen) atoms. The first-order valence-electron chi connectivity index (χ1n) is 9.78. The number of rotatable bonds is 8. The van der Waals surface area contributed by atoms with Gasteiger partial charge in [-0.2, -0.15) is 13.1 Å². The number of aromatic nitrogens is 1. The standard InChI is InChI=1S/C23H20ClN3O4S/c24-19-13-11-18(12-14-19)22-21(17-7-3-1-4-8-17)23(31-26-22)27(16-15-25-32(28,29)30)20-9-5-2-6-10-20/h1-14,25H,15-16H2,(H,28,29,30). The molecule has 0 aliphatic rings. The van der Waals surface area contributed by atoms with Gasteiger partial charge >= 0.3 is 10.3 Å². The molecule has 164 valence electrons. The zero-order valence-electron chi connectivity index (χ0n) is 16.8. The lowest BCUT2D eigenvalue weighted by Gasteiger charge is -2.23. The van der Waals surface area contributed by atoms with Crippen molar-refractivity contribution in [1.29, 1.82) is 0 Å². The molecule has 0 radical (unpaired) electrons. The fourth-order valence-corrected chi connectivity index (χ4v) is 3.85. The summed E-state index contributed by atoms with van der Waals surface area (Å²) in [4.78, 5) is 1.81. The molecule has 2 N–H and O–H groups in total. The number of para-hydroxylation sites is 1. The van der Waals surface area contributed by atoms with Crippen molar-refractivity contribution in [2.24, 2.45) is 0 Å². The number of hydrogen-bond donors (Lipinski definition) is 2. The highest BCUT2D eigenvalue weighted by atomic mass is 35.5. The average molecular weight is 470 g/mol. The van der Waals surface area contributed by atoms with Gasteiger partial charge in [-0.3, -0.25) is 4.55 Å². The third-order valence-electron chi connectivity index (χ3n) is 4.79. The highest BCUT2D eigenvalue weighted by molar-refractivity contribution is 7.83. The molecule has 0 aliphatic heterocycles. The summed E-state index contributed by atoms with van der Waals surface area (Å²) in [5, 5.41) is 4.96. The SMILES string of the molecule is O=S(=O)(O)NCCN(c1ccccc1)c1onc(-c2ccc(Cl)cc2)c1-c1ccccc1. The van der Waals surface area contributed by atoms with Crippen LogP contribution in [0.1, 0.15) is 0 Å². The third kappa shape index (κ3) is 5.17. The van der Waals surface area contributed by atoms with Crippen LogP contribution in [0.15, 0.2) is 89.5 Å². The van der Waals surface area contributed by atoms with E-state index in [2.05, 4.69) is 9.88 Å². The highest BCUT2D eigenvalue weighted by Crippen LogP contribution is 2.42. The summed E-state index contributed by atoms with van der Waals surface area (Å²) in [7, 11) is -4.32. The van der Waals surface area contributed by atoms with Crippen LogP contribution in [0.3, 0.4) is 0 Å². The maximum atomic E-state index is 11.2. The van der Waals surface area contributed by atoms with E-state index in [1.54, 1.807) is 12.1 Å². The first-order valence-corrected chi connectivity index (χ1v) is 11.6. The van der Waals surface area contributed by atoms with Gasteiger partial charge in [0.05, 0.1) is 5.56 Å². The Bertz CT molecular complexity index is 1280. The minimum absolute atomic E-state index is 0.0427. The topological polar surface area (TPSA) is 95.7 Å². The van der Waals surface area contributed by atoms with E-state index in [1.807, 2.05) is 77.7 Å². The van der Waals surface area contributed by atoms with E-state index in [9.17, 15) is 8.42 Å². The minimum Gasteiger partial charge on any atom is -0.337 e. The molecule has 3 aromatic carbocycles. The molecule has 0 amide bonds. The van der Waals surface area contributed by atoms with Crippen molar-refractivity contribution in [1.82, 2.24) is 9.88 Å². The molecule has 9 heteroatoms. The van der Waals surface area contributed by atoms with Crippen molar-refractivity contribution in [3.8, 4) is 22.4 Å². The molecule has 1 aromatic heterocycles. The van der Waals surface area contributed by atoms with Crippen LogP contribution in [0.2, 0.25) is 5.02 Å². The summed E-state index contributed by atoms with van der Waals surface area (Å²) in [5.41, 5.74) is 3.88. The lowest BCUT2D eigenvalue weighted by atomic mass is 10.0. The maximum absolute atomic E-state index is 11.2. The molecule has 0 unspecified atom stereocenters. The Kier molecular flexibility index (Phi) is 6.57. The molecular weight excluding hydrogens is 450 g/mol. The Morgan fingerprint density at radius 2 is 1.53 bits per heavy atom. The molecule has 0 fully saturated rings. The largest absolute Gasteiger partial charge is 0.337 e. The van der Waals surface area contributed by atoms with Gasteiger partial charge in [0.1, 0.15) is 5.69 Å². The minimum atomic E-state index is -4.32. The van der Waals surface area contributed by atoms with Gasteiger partial charge in [-0.15, -0.1) is 0 Å². The third-order valence-corrected chi connectivity index (χ3v) is 5.61. The predicted octanol–water partition coefficient (Wildman–Crippen LogP) is 5.19. The summed E-state index contributed by atoms with van der Waals surface area (Å²) in [6.45, 7) is 0.151. The summed E-state index contributed by atoms with van der Waals surface area (Å²) in [6, 6.07) is 26.4. The van der Waals surface area contributed by atoms with Gasteiger partial charge < -0.3 is 9.42 Å². The van der Waals surface area contributed by atoms with Crippen molar-refractivity contribution in [2.75, 3.05) is 18.0 Å². The molecule has 4 aromatic rings. The van der Waals surface area contributed by atoms with E-state index < -0.39 is 10.3 Å². The number of nitrogens with one attached hydrogen (secondary N) is 1. The van der Waals surface area contributed by atoms with Crippen LogP contribution in [-0.2, 0) is 10.3 Å². The molecule has 0 aliphatic carbocycles. The average Bonchev–Trinajstić information content (AvgIpc) is 3.22. The zero-order chi connectivity index (χ0) is 22.6. The zero-order valence-corrected chi connectivity index (χ0v) is 18.4. The van der Waals surface area contributed by atoms with Crippen molar-refractivity contribution < 1.29 is 17.5 Å². The Morgan fingerprint density at radius 3 is 2.16 bits per heavy atom. The van der Waals surface area contributed by atoms with Crippen LogP contribution in [-0.4, -0.2) is 31.2 Å². The molecule has 0 spiro atoms. The van der Waals surface area contributed by atoms with E-state index in [4.69, 9.17) is 20.7 Å². The first-order chi connectivity index (χ1) is 15.4. The fourth-order valence-electron chi connectivity index (χ4n) is 3.38. The Hall–Kier alpha value is -3.17. The number of nitrogens with zero attached hydrogens (tertiary/aromatic N) is 2. The van der Waals surface area contributed by atoms with Crippen LogP contribution >= 0.6 is 11.6 Å². The normalized spacial score (nSPS) is 11.4. The molecule has 1 heterocycles. The van der Waals surface area contributed by atoms with Crippen molar-refractivity contribution in [2.45, 2.75) is 0 Å². The van der Waals surface area contributed by atoms with Crippen LogP contribution in [0, 0.1) is 0 Å². The summed E-state index contributed by atoms with van der Waals surface area (Å²) < 4.78 is 39.4. The second-order valence-corrected chi connectivity index (χ2v) is 8.62. The van der Waals surface area contributed by atoms with Crippen LogP contribution in [0.5, 0.6) is 0 Å². The second kappa shape index (κ2) is 9.54. The monoisotopic (exact) mass is 469 g/mol. The molecule has 0 atom stereocenters. The van der Waals surface area contributed by atoms with Gasteiger partial charge in [0.15, 0.2) is 0 Å². The van der Waals surface area contributed by atoms with E-state index in [-0.39, 0.29) is 13.1 Å². The van der Waals surface area contributed by atoms with Gasteiger partial charge in [0.25, 0.3) is 0 Å². The number of halogens is 1. The van der Waals surface area contributed by atoms with Gasteiger partial charge in [-0.1, -0.05) is 77.4 Å². The van der Waals surface area contributed by atoms with Gasteiger partial charge in [-0.25, -0.2) is 0 Å². The Morgan fingerprint density at radius 1 is 0.906 bits per heavy atom. The number of hydrogen-bond acceptors (Lipinski definition) is 5. The summed E-state index contributed by atoms with van der Waals surface area (Å²) in [6.07, 6.45) is 0. The molecule has 7 nitrogen and oxygen atoms in total. The molecule has 0 bridgehead atoms. The number of anilines is 2. The summed E-state index contributed by atoms with van der Waals surface area (Å²) in [5.74, 6) is 0.449. The van der Waals surface area contributed by atoms with Crippen LogP contribution < -0.4 is 9.62 Å². The number of benzene rings is 3. The Balaban J connectivity index is 1.84. The van der Waals surface area contributed by atoms with Gasteiger partial charge in [-0.05, 0) is 29.8 Å². The van der Waals surface area contributed by atoms with E-state index in [0.29, 0.717) is 16.6 Å².